The van der Waals surface area contributed by atoms with E-state index in [4.69, 9.17) is 9.47 Å². The summed E-state index contributed by atoms with van der Waals surface area (Å²) < 4.78 is 24.7. The molecule has 2 aromatic carbocycles. The zero-order valence-electron chi connectivity index (χ0n) is 15.3. The number of methoxy groups -OCH3 is 1. The molecule has 1 fully saturated rings. The maximum atomic E-state index is 13.2. The van der Waals surface area contributed by atoms with E-state index in [2.05, 4.69) is 10.2 Å². The molecule has 0 saturated carbocycles. The Morgan fingerprint density at radius 2 is 1.85 bits per heavy atom. The lowest BCUT2D eigenvalue weighted by Crippen LogP contribution is -2.45. The Morgan fingerprint density at radius 3 is 2.54 bits per heavy atom. The molecule has 0 aliphatic carbocycles. The molecular weight excluding hydrogens is 331 g/mol. The van der Waals surface area contributed by atoms with Crippen LogP contribution in [0.25, 0.3) is 0 Å². The molecule has 5 heteroatoms. The molecule has 4 nitrogen and oxygen atoms in total. The zero-order valence-corrected chi connectivity index (χ0v) is 15.3. The lowest BCUT2D eigenvalue weighted by molar-refractivity contribution is 0.157. The maximum absolute atomic E-state index is 13.2. The first-order chi connectivity index (χ1) is 12.8. The van der Waals surface area contributed by atoms with Gasteiger partial charge in [0.15, 0.2) is 11.5 Å². The van der Waals surface area contributed by atoms with Crippen molar-refractivity contribution in [2.45, 2.75) is 19.1 Å². The Hall–Kier alpha value is -2.11. The average molecular weight is 358 g/mol. The molecule has 0 bridgehead atoms. The number of nitrogens with zero attached hydrogens (tertiary/aromatic N) is 1. The Bertz CT molecular complexity index is 675. The van der Waals surface area contributed by atoms with Gasteiger partial charge < -0.3 is 14.8 Å². The minimum absolute atomic E-state index is 0.0621. The van der Waals surface area contributed by atoms with E-state index in [1.165, 1.54) is 0 Å². The number of rotatable bonds is 8. The second-order valence-corrected chi connectivity index (χ2v) is 6.46. The number of hydrogen-bond donors (Lipinski definition) is 1. The topological polar surface area (TPSA) is 33.7 Å². The quantitative estimate of drug-likeness (QED) is 0.782. The third-order valence-corrected chi connectivity index (χ3v) is 4.78. The molecule has 140 valence electrons. The Labute approximate surface area is 154 Å². The molecule has 1 aliphatic rings. The predicted molar refractivity (Wildman–Crippen MR) is 102 cm³/mol. The molecule has 0 aromatic heterocycles. The van der Waals surface area contributed by atoms with E-state index < -0.39 is 0 Å². The van der Waals surface area contributed by atoms with Crippen molar-refractivity contribution in [2.24, 2.45) is 0 Å². The van der Waals surface area contributed by atoms with Crippen molar-refractivity contribution in [3.63, 3.8) is 0 Å². The van der Waals surface area contributed by atoms with Crippen LogP contribution >= 0.6 is 0 Å². The van der Waals surface area contributed by atoms with Gasteiger partial charge in [-0.1, -0.05) is 36.4 Å². The average Bonchev–Trinajstić information content (AvgIpc) is 2.71. The minimum Gasteiger partial charge on any atom is -0.493 e. The fourth-order valence-corrected chi connectivity index (χ4v) is 3.41. The Kier molecular flexibility index (Phi) is 6.86. The summed E-state index contributed by atoms with van der Waals surface area (Å²) in [6, 6.07) is 16.0. The van der Waals surface area contributed by atoms with Crippen LogP contribution < -0.4 is 14.8 Å². The number of nitrogens with one attached hydrogen (secondary N) is 1. The van der Waals surface area contributed by atoms with Crippen LogP contribution in [0.3, 0.4) is 0 Å². The van der Waals surface area contributed by atoms with E-state index in [-0.39, 0.29) is 12.7 Å². The molecule has 1 atom stereocenters. The van der Waals surface area contributed by atoms with E-state index in [1.807, 2.05) is 48.5 Å². The monoisotopic (exact) mass is 358 g/mol. The minimum atomic E-state index is -0.333. The normalized spacial score (nSPS) is 16.2. The van der Waals surface area contributed by atoms with E-state index >= 15 is 0 Å². The first-order valence-corrected chi connectivity index (χ1v) is 9.17. The fourth-order valence-electron chi connectivity index (χ4n) is 3.41. The van der Waals surface area contributed by atoms with Gasteiger partial charge in [-0.25, -0.2) is 0 Å². The number of halogens is 1. The van der Waals surface area contributed by atoms with Gasteiger partial charge in [0.25, 0.3) is 0 Å². The number of ether oxygens (including phenoxy) is 2. The SMILES string of the molecule is COc1ccc([C@H](CCF)N2CCNCC2)cc1OCc1ccccc1. The highest BCUT2D eigenvalue weighted by Gasteiger charge is 2.23. The van der Waals surface area contributed by atoms with Crippen LogP contribution in [0.4, 0.5) is 4.39 Å². The Morgan fingerprint density at radius 1 is 1.08 bits per heavy atom. The molecule has 0 unspecified atom stereocenters. The number of piperazine rings is 1. The van der Waals surface area contributed by atoms with Crippen molar-refractivity contribution >= 4 is 0 Å². The number of benzene rings is 2. The highest BCUT2D eigenvalue weighted by atomic mass is 19.1. The number of alkyl halides is 1. The molecule has 1 N–H and O–H groups in total. The highest BCUT2D eigenvalue weighted by molar-refractivity contribution is 5.44. The second kappa shape index (κ2) is 9.55. The maximum Gasteiger partial charge on any atom is 0.161 e. The van der Waals surface area contributed by atoms with Crippen molar-refractivity contribution in [3.8, 4) is 11.5 Å². The van der Waals surface area contributed by atoms with Crippen LogP contribution in [0, 0.1) is 0 Å². The van der Waals surface area contributed by atoms with Crippen LogP contribution in [-0.4, -0.2) is 44.9 Å². The van der Waals surface area contributed by atoms with Crippen LogP contribution in [-0.2, 0) is 6.61 Å². The van der Waals surface area contributed by atoms with Crippen LogP contribution in [0.1, 0.15) is 23.6 Å². The summed E-state index contributed by atoms with van der Waals surface area (Å²) in [5.74, 6) is 1.40. The molecule has 0 amide bonds. The summed E-state index contributed by atoms with van der Waals surface area (Å²) in [5.41, 5.74) is 2.18. The fraction of sp³-hybridized carbons (Fsp3) is 0.429. The summed E-state index contributed by atoms with van der Waals surface area (Å²) >= 11 is 0. The summed E-state index contributed by atoms with van der Waals surface area (Å²) in [5, 5.41) is 3.35. The first-order valence-electron chi connectivity index (χ1n) is 9.17. The smallest absolute Gasteiger partial charge is 0.161 e. The molecule has 0 spiro atoms. The molecule has 1 saturated heterocycles. The molecule has 0 radical (unpaired) electrons. The van der Waals surface area contributed by atoms with E-state index in [0.29, 0.717) is 24.5 Å². The van der Waals surface area contributed by atoms with Crippen LogP contribution in [0.2, 0.25) is 0 Å². The standard InChI is InChI=1S/C21H27FN2O2/c1-25-20-8-7-18(19(9-10-22)24-13-11-23-12-14-24)15-21(20)26-16-17-5-3-2-4-6-17/h2-8,15,19,23H,9-14,16H2,1H3/t19-/m0/s1. The van der Waals surface area contributed by atoms with Gasteiger partial charge in [-0.2, -0.15) is 0 Å². The molecule has 1 heterocycles. The van der Waals surface area contributed by atoms with Gasteiger partial charge in [-0.05, 0) is 29.7 Å². The van der Waals surface area contributed by atoms with Crippen molar-refractivity contribution in [1.82, 2.24) is 10.2 Å². The van der Waals surface area contributed by atoms with Crippen molar-refractivity contribution < 1.29 is 13.9 Å². The van der Waals surface area contributed by atoms with Gasteiger partial charge in [0.1, 0.15) is 6.61 Å². The first kappa shape index (κ1) is 18.7. The highest BCUT2D eigenvalue weighted by Crippen LogP contribution is 2.34. The van der Waals surface area contributed by atoms with Crippen LogP contribution in [0.5, 0.6) is 11.5 Å². The third kappa shape index (κ3) is 4.74. The lowest BCUT2D eigenvalue weighted by atomic mass is 10.0. The third-order valence-electron chi connectivity index (χ3n) is 4.78. The van der Waals surface area contributed by atoms with Gasteiger partial charge >= 0.3 is 0 Å². The van der Waals surface area contributed by atoms with E-state index in [1.54, 1.807) is 7.11 Å². The van der Waals surface area contributed by atoms with Crippen molar-refractivity contribution in [2.75, 3.05) is 40.0 Å². The molecule has 2 aromatic rings. The zero-order chi connectivity index (χ0) is 18.2. The predicted octanol–water partition coefficient (Wildman–Crippen LogP) is 3.58. The molecule has 1 aliphatic heterocycles. The summed E-state index contributed by atoms with van der Waals surface area (Å²) in [6.45, 7) is 3.88. The van der Waals surface area contributed by atoms with Crippen LogP contribution in [0.15, 0.2) is 48.5 Å². The van der Waals surface area contributed by atoms with Gasteiger partial charge in [-0.3, -0.25) is 9.29 Å². The largest absolute Gasteiger partial charge is 0.493 e. The Balaban J connectivity index is 1.79. The molecular formula is C21H27FN2O2. The molecule has 3 rings (SSSR count). The van der Waals surface area contributed by atoms with E-state index in [0.717, 1.165) is 37.3 Å². The van der Waals surface area contributed by atoms with Crippen molar-refractivity contribution in [1.29, 1.82) is 0 Å². The molecule has 26 heavy (non-hydrogen) atoms. The summed E-state index contributed by atoms with van der Waals surface area (Å²) in [6.07, 6.45) is 0.491. The lowest BCUT2D eigenvalue weighted by Gasteiger charge is -2.35. The second-order valence-electron chi connectivity index (χ2n) is 6.46. The summed E-state index contributed by atoms with van der Waals surface area (Å²) in [4.78, 5) is 2.35. The van der Waals surface area contributed by atoms with E-state index in [9.17, 15) is 4.39 Å². The van der Waals surface area contributed by atoms with Crippen molar-refractivity contribution in [3.05, 3.63) is 59.7 Å². The number of hydrogen-bond acceptors (Lipinski definition) is 4. The van der Waals surface area contributed by atoms with Gasteiger partial charge in [0, 0.05) is 32.2 Å². The van der Waals surface area contributed by atoms with Gasteiger partial charge in [0.05, 0.1) is 13.8 Å². The van der Waals surface area contributed by atoms with Gasteiger partial charge in [-0.15, -0.1) is 0 Å². The van der Waals surface area contributed by atoms with Gasteiger partial charge in [0.2, 0.25) is 0 Å². The summed E-state index contributed by atoms with van der Waals surface area (Å²) in [7, 11) is 1.64.